The smallest absolute Gasteiger partial charge is 0.258 e. The molecule has 0 unspecified atom stereocenters. The van der Waals surface area contributed by atoms with Crippen molar-refractivity contribution < 1.29 is 4.92 Å². The summed E-state index contributed by atoms with van der Waals surface area (Å²) in [6.45, 7) is 3.45. The van der Waals surface area contributed by atoms with Crippen molar-refractivity contribution in [3.05, 3.63) is 33.7 Å². The Kier molecular flexibility index (Phi) is 1.82. The summed E-state index contributed by atoms with van der Waals surface area (Å²) in [5, 5.41) is 12.0. The Morgan fingerprint density at radius 2 is 2.50 bits per heavy atom. The van der Waals surface area contributed by atoms with Crippen molar-refractivity contribution in [3.8, 4) is 0 Å². The molecule has 0 fully saturated rings. The Bertz CT molecular complexity index is 266. The van der Waals surface area contributed by atoms with Crippen molar-refractivity contribution in [1.82, 2.24) is 0 Å². The zero-order chi connectivity index (χ0) is 7.56. The molecule has 0 bridgehead atoms. The summed E-state index contributed by atoms with van der Waals surface area (Å²) in [5.74, 6) is 0. The van der Waals surface area contributed by atoms with Gasteiger partial charge in [0.05, 0.1) is 10.5 Å². The van der Waals surface area contributed by atoms with Gasteiger partial charge >= 0.3 is 5.00 Å². The highest BCUT2D eigenvalue weighted by Crippen LogP contribution is 2.25. The third-order valence-electron chi connectivity index (χ3n) is 1.06. The van der Waals surface area contributed by atoms with E-state index in [1.54, 1.807) is 11.4 Å². The molecule has 0 atom stereocenters. The van der Waals surface area contributed by atoms with E-state index >= 15 is 0 Å². The molecule has 3 nitrogen and oxygen atoms in total. The van der Waals surface area contributed by atoms with Crippen molar-refractivity contribution in [3.63, 3.8) is 0 Å². The molecule has 0 spiro atoms. The van der Waals surface area contributed by atoms with Crippen molar-refractivity contribution in [1.29, 1.82) is 0 Å². The van der Waals surface area contributed by atoms with E-state index in [1.165, 1.54) is 6.08 Å². The first-order chi connectivity index (χ1) is 4.75. The summed E-state index contributed by atoms with van der Waals surface area (Å²) in [6.07, 6.45) is 1.48. The molecule has 1 heterocycles. The molecule has 0 aliphatic carbocycles. The molecule has 0 N–H and O–H groups in total. The minimum Gasteiger partial charge on any atom is -0.258 e. The average molecular weight is 155 g/mol. The van der Waals surface area contributed by atoms with Crippen LogP contribution in [0.4, 0.5) is 5.00 Å². The van der Waals surface area contributed by atoms with Crippen molar-refractivity contribution in [2.75, 3.05) is 0 Å². The molecular weight excluding hydrogens is 150 g/mol. The second-order valence-electron chi connectivity index (χ2n) is 1.64. The average Bonchev–Trinajstić information content (AvgIpc) is 2.33. The van der Waals surface area contributed by atoms with Crippen molar-refractivity contribution >= 4 is 22.4 Å². The molecule has 0 amide bonds. The van der Waals surface area contributed by atoms with E-state index in [9.17, 15) is 10.1 Å². The number of nitrogens with zero attached hydrogens (tertiary/aromatic N) is 1. The van der Waals surface area contributed by atoms with Gasteiger partial charge in [-0.2, -0.15) is 0 Å². The fourth-order valence-electron chi connectivity index (χ4n) is 0.615. The number of hydrogen-bond donors (Lipinski definition) is 0. The van der Waals surface area contributed by atoms with Crippen molar-refractivity contribution in [2.45, 2.75) is 0 Å². The van der Waals surface area contributed by atoms with Gasteiger partial charge in [0, 0.05) is 0 Å². The number of nitro groups is 1. The lowest BCUT2D eigenvalue weighted by Crippen LogP contribution is -1.84. The first kappa shape index (κ1) is 6.95. The zero-order valence-corrected chi connectivity index (χ0v) is 5.93. The molecule has 1 aromatic heterocycles. The highest BCUT2D eigenvalue weighted by Gasteiger charge is 2.11. The summed E-state index contributed by atoms with van der Waals surface area (Å²) in [5.41, 5.74) is 0.593. The second kappa shape index (κ2) is 2.62. The fourth-order valence-corrected chi connectivity index (χ4v) is 1.33. The van der Waals surface area contributed by atoms with Gasteiger partial charge in [-0.05, 0) is 11.4 Å². The number of rotatable bonds is 2. The van der Waals surface area contributed by atoms with Gasteiger partial charge in [-0.3, -0.25) is 10.1 Å². The van der Waals surface area contributed by atoms with Crippen LogP contribution >= 0.6 is 11.3 Å². The maximum atomic E-state index is 10.2. The standard InChI is InChI=1S/C6H5NO2S/c1-2-5-3-4-10-6(5)7(8)9/h2-4H,1H2. The molecule has 1 aromatic rings. The van der Waals surface area contributed by atoms with Gasteiger partial charge in [-0.1, -0.05) is 24.0 Å². The van der Waals surface area contributed by atoms with Crippen LogP contribution in [0.3, 0.4) is 0 Å². The number of hydrogen-bond acceptors (Lipinski definition) is 3. The minimum atomic E-state index is -0.401. The van der Waals surface area contributed by atoms with Gasteiger partial charge in [0.2, 0.25) is 0 Å². The molecule has 0 saturated heterocycles. The highest BCUT2D eigenvalue weighted by atomic mass is 32.1. The van der Waals surface area contributed by atoms with Gasteiger partial charge < -0.3 is 0 Å². The van der Waals surface area contributed by atoms with Gasteiger partial charge in [0.25, 0.3) is 0 Å². The summed E-state index contributed by atoms with van der Waals surface area (Å²) >= 11 is 1.11. The van der Waals surface area contributed by atoms with E-state index in [4.69, 9.17) is 0 Å². The third-order valence-corrected chi connectivity index (χ3v) is 1.94. The van der Waals surface area contributed by atoms with Crippen LogP contribution in [0.1, 0.15) is 5.56 Å². The topological polar surface area (TPSA) is 43.1 Å². The van der Waals surface area contributed by atoms with E-state index in [1.807, 2.05) is 0 Å². The summed E-state index contributed by atoms with van der Waals surface area (Å²) in [4.78, 5) is 9.81. The minimum absolute atomic E-state index is 0.162. The van der Waals surface area contributed by atoms with E-state index in [2.05, 4.69) is 6.58 Å². The Morgan fingerprint density at radius 1 is 1.80 bits per heavy atom. The maximum Gasteiger partial charge on any atom is 0.331 e. The maximum absolute atomic E-state index is 10.2. The number of thiophene rings is 1. The zero-order valence-electron chi connectivity index (χ0n) is 5.11. The Hall–Kier alpha value is -1.16. The largest absolute Gasteiger partial charge is 0.331 e. The first-order valence-electron chi connectivity index (χ1n) is 2.60. The summed E-state index contributed by atoms with van der Waals surface area (Å²) < 4.78 is 0. The van der Waals surface area contributed by atoms with Crippen LogP contribution in [0, 0.1) is 10.1 Å². The monoisotopic (exact) mass is 155 g/mol. The van der Waals surface area contributed by atoms with Crippen LogP contribution in [-0.4, -0.2) is 4.92 Å². The molecule has 0 aliphatic heterocycles. The van der Waals surface area contributed by atoms with E-state index in [0.29, 0.717) is 5.56 Å². The van der Waals surface area contributed by atoms with Gasteiger partial charge in [0.15, 0.2) is 0 Å². The third kappa shape index (κ3) is 1.06. The van der Waals surface area contributed by atoms with Crippen LogP contribution in [0.2, 0.25) is 0 Å². The quantitative estimate of drug-likeness (QED) is 0.485. The molecule has 0 aliphatic rings. The van der Waals surface area contributed by atoms with Crippen molar-refractivity contribution in [2.24, 2.45) is 0 Å². The van der Waals surface area contributed by atoms with E-state index in [-0.39, 0.29) is 5.00 Å². The van der Waals surface area contributed by atoms with Gasteiger partial charge in [-0.25, -0.2) is 0 Å². The Morgan fingerprint density at radius 3 is 2.90 bits per heavy atom. The highest BCUT2D eigenvalue weighted by molar-refractivity contribution is 7.13. The van der Waals surface area contributed by atoms with E-state index < -0.39 is 4.92 Å². The molecule has 1 rings (SSSR count). The normalized spacial score (nSPS) is 9.20. The first-order valence-corrected chi connectivity index (χ1v) is 3.48. The predicted molar refractivity (Wildman–Crippen MR) is 41.1 cm³/mol. The molecule has 0 aromatic carbocycles. The SMILES string of the molecule is C=Cc1ccsc1[N+](=O)[O-]. The molecule has 0 saturated carbocycles. The van der Waals surface area contributed by atoms with Crippen LogP contribution in [0.5, 0.6) is 0 Å². The molecule has 52 valence electrons. The summed E-state index contributed by atoms with van der Waals surface area (Å²) in [7, 11) is 0. The fraction of sp³-hybridized carbons (Fsp3) is 0. The van der Waals surface area contributed by atoms with E-state index in [0.717, 1.165) is 11.3 Å². The van der Waals surface area contributed by atoms with Crippen LogP contribution in [-0.2, 0) is 0 Å². The molecule has 10 heavy (non-hydrogen) atoms. The molecule has 4 heteroatoms. The lowest BCUT2D eigenvalue weighted by atomic mass is 10.3. The van der Waals surface area contributed by atoms with Crippen LogP contribution < -0.4 is 0 Å². The van der Waals surface area contributed by atoms with Gasteiger partial charge in [0.1, 0.15) is 0 Å². The molecular formula is C6H5NO2S. The van der Waals surface area contributed by atoms with Crippen LogP contribution in [0.25, 0.3) is 6.08 Å². The predicted octanol–water partition coefficient (Wildman–Crippen LogP) is 2.30. The Labute approximate surface area is 61.8 Å². The van der Waals surface area contributed by atoms with Crippen LogP contribution in [0.15, 0.2) is 18.0 Å². The lowest BCUT2D eigenvalue weighted by Gasteiger charge is -1.84. The summed E-state index contributed by atoms with van der Waals surface area (Å²) in [6, 6.07) is 1.68. The second-order valence-corrected chi connectivity index (χ2v) is 2.54. The Balaban J connectivity index is 3.13. The van der Waals surface area contributed by atoms with Gasteiger partial charge in [-0.15, -0.1) is 0 Å². The lowest BCUT2D eigenvalue weighted by molar-refractivity contribution is -0.380. The molecule has 0 radical (unpaired) electrons.